The Kier molecular flexibility index (Phi) is 2.25. The van der Waals surface area contributed by atoms with Gasteiger partial charge < -0.3 is 9.67 Å². The molecule has 0 bridgehead atoms. The molecule has 0 amide bonds. The molecule has 76 valence electrons. The SMILES string of the molecule is Cn1c(C=CC(=O)O)nc2ccccc21. The van der Waals surface area contributed by atoms with Crippen LogP contribution in [-0.2, 0) is 11.8 Å². The number of para-hydroxylation sites is 2. The van der Waals surface area contributed by atoms with E-state index in [1.54, 1.807) is 0 Å². The minimum absolute atomic E-state index is 0.638. The molecule has 2 rings (SSSR count). The maximum absolute atomic E-state index is 10.4. The van der Waals surface area contributed by atoms with E-state index in [1.165, 1.54) is 6.08 Å². The largest absolute Gasteiger partial charge is 0.478 e. The summed E-state index contributed by atoms with van der Waals surface area (Å²) in [6.07, 6.45) is 2.57. The number of benzene rings is 1. The first-order valence-electron chi connectivity index (χ1n) is 4.51. The number of fused-ring (bicyclic) bond motifs is 1. The fraction of sp³-hybridized carbons (Fsp3) is 0.0909. The normalized spacial score (nSPS) is 11.3. The number of imidazole rings is 1. The summed E-state index contributed by atoms with van der Waals surface area (Å²) in [5.41, 5.74) is 1.85. The van der Waals surface area contributed by atoms with Crippen LogP contribution in [0, 0.1) is 0 Å². The predicted molar refractivity (Wildman–Crippen MR) is 57.4 cm³/mol. The number of aliphatic carboxylic acids is 1. The van der Waals surface area contributed by atoms with Crippen LogP contribution in [0.4, 0.5) is 0 Å². The molecule has 1 heterocycles. The summed E-state index contributed by atoms with van der Waals surface area (Å²) in [5.74, 6) is -0.333. The van der Waals surface area contributed by atoms with Gasteiger partial charge in [-0.15, -0.1) is 0 Å². The first-order chi connectivity index (χ1) is 7.18. The molecule has 0 aliphatic heterocycles. The third kappa shape index (κ3) is 1.74. The molecule has 1 aromatic heterocycles. The highest BCUT2D eigenvalue weighted by Crippen LogP contribution is 2.14. The summed E-state index contributed by atoms with van der Waals surface area (Å²) in [7, 11) is 1.86. The lowest BCUT2D eigenvalue weighted by Crippen LogP contribution is -1.92. The van der Waals surface area contributed by atoms with Crippen LogP contribution in [0.1, 0.15) is 5.82 Å². The van der Waals surface area contributed by atoms with Gasteiger partial charge in [-0.1, -0.05) is 12.1 Å². The molecule has 4 heteroatoms. The van der Waals surface area contributed by atoms with Crippen molar-refractivity contribution >= 4 is 23.1 Å². The van der Waals surface area contributed by atoms with Crippen molar-refractivity contribution in [2.75, 3.05) is 0 Å². The van der Waals surface area contributed by atoms with Gasteiger partial charge in [0.25, 0.3) is 0 Å². The van der Waals surface area contributed by atoms with Crippen LogP contribution in [-0.4, -0.2) is 20.6 Å². The number of rotatable bonds is 2. The lowest BCUT2D eigenvalue weighted by Gasteiger charge is -1.95. The number of hydrogen-bond donors (Lipinski definition) is 1. The fourth-order valence-electron chi connectivity index (χ4n) is 1.46. The average Bonchev–Trinajstić information content (AvgIpc) is 2.54. The Labute approximate surface area is 86.5 Å². The Balaban J connectivity index is 2.53. The molecule has 0 aliphatic carbocycles. The zero-order valence-electron chi connectivity index (χ0n) is 8.21. The van der Waals surface area contributed by atoms with Gasteiger partial charge in [0.15, 0.2) is 0 Å². The van der Waals surface area contributed by atoms with Crippen LogP contribution >= 0.6 is 0 Å². The first kappa shape index (κ1) is 9.45. The van der Waals surface area contributed by atoms with Gasteiger partial charge in [0.2, 0.25) is 0 Å². The van der Waals surface area contributed by atoms with Crippen LogP contribution in [0.15, 0.2) is 30.3 Å². The molecule has 0 saturated heterocycles. The molecule has 0 fully saturated rings. The van der Waals surface area contributed by atoms with E-state index in [9.17, 15) is 4.79 Å². The zero-order chi connectivity index (χ0) is 10.8. The first-order valence-corrected chi connectivity index (χ1v) is 4.51. The summed E-state index contributed by atoms with van der Waals surface area (Å²) in [6.45, 7) is 0. The van der Waals surface area contributed by atoms with Crippen molar-refractivity contribution in [1.29, 1.82) is 0 Å². The van der Waals surface area contributed by atoms with E-state index < -0.39 is 5.97 Å². The minimum atomic E-state index is -0.970. The van der Waals surface area contributed by atoms with Crippen molar-refractivity contribution in [3.05, 3.63) is 36.2 Å². The molecule has 0 aliphatic rings. The van der Waals surface area contributed by atoms with Crippen LogP contribution < -0.4 is 0 Å². The molecule has 1 N–H and O–H groups in total. The van der Waals surface area contributed by atoms with Crippen molar-refractivity contribution in [2.45, 2.75) is 0 Å². The average molecular weight is 202 g/mol. The van der Waals surface area contributed by atoms with E-state index in [1.807, 2.05) is 35.9 Å². The van der Waals surface area contributed by atoms with Crippen LogP contribution in [0.2, 0.25) is 0 Å². The van der Waals surface area contributed by atoms with Crippen molar-refractivity contribution < 1.29 is 9.90 Å². The second-order valence-corrected chi connectivity index (χ2v) is 3.19. The van der Waals surface area contributed by atoms with E-state index >= 15 is 0 Å². The summed E-state index contributed by atoms with van der Waals surface area (Å²) in [4.78, 5) is 14.7. The molecular formula is C11H10N2O2. The molecule has 0 spiro atoms. The molecule has 0 unspecified atom stereocenters. The van der Waals surface area contributed by atoms with Gasteiger partial charge in [0, 0.05) is 13.1 Å². The highest BCUT2D eigenvalue weighted by atomic mass is 16.4. The number of nitrogens with zero attached hydrogens (tertiary/aromatic N) is 2. The summed E-state index contributed by atoms with van der Waals surface area (Å²) >= 11 is 0. The van der Waals surface area contributed by atoms with Gasteiger partial charge in [0.1, 0.15) is 5.82 Å². The van der Waals surface area contributed by atoms with Crippen molar-refractivity contribution in [1.82, 2.24) is 9.55 Å². The maximum atomic E-state index is 10.4. The zero-order valence-corrected chi connectivity index (χ0v) is 8.21. The van der Waals surface area contributed by atoms with E-state index in [2.05, 4.69) is 4.98 Å². The Morgan fingerprint density at radius 2 is 2.20 bits per heavy atom. The molecule has 4 nitrogen and oxygen atoms in total. The Morgan fingerprint density at radius 1 is 1.47 bits per heavy atom. The van der Waals surface area contributed by atoms with Crippen LogP contribution in [0.5, 0.6) is 0 Å². The number of carboxylic acid groups (broad SMARTS) is 1. The third-order valence-corrected chi connectivity index (χ3v) is 2.20. The lowest BCUT2D eigenvalue weighted by atomic mass is 10.3. The predicted octanol–water partition coefficient (Wildman–Crippen LogP) is 1.67. The van der Waals surface area contributed by atoms with Gasteiger partial charge in [-0.25, -0.2) is 9.78 Å². The number of carboxylic acids is 1. The van der Waals surface area contributed by atoms with Crippen LogP contribution in [0.3, 0.4) is 0 Å². The standard InChI is InChI=1S/C11H10N2O2/c1-13-9-5-3-2-4-8(9)12-10(13)6-7-11(14)15/h2-7H,1H3,(H,14,15). The summed E-state index contributed by atoms with van der Waals surface area (Å²) in [6, 6.07) is 7.67. The van der Waals surface area contributed by atoms with Gasteiger partial charge in [-0.05, 0) is 18.2 Å². The smallest absolute Gasteiger partial charge is 0.328 e. The minimum Gasteiger partial charge on any atom is -0.478 e. The van der Waals surface area contributed by atoms with Gasteiger partial charge in [-0.3, -0.25) is 0 Å². The fourth-order valence-corrected chi connectivity index (χ4v) is 1.46. The van der Waals surface area contributed by atoms with Crippen molar-refractivity contribution in [3.8, 4) is 0 Å². The number of carbonyl (C=O) groups is 1. The lowest BCUT2D eigenvalue weighted by molar-refractivity contribution is -0.131. The van der Waals surface area contributed by atoms with Gasteiger partial charge in [0.05, 0.1) is 11.0 Å². The molecular weight excluding hydrogens is 192 g/mol. The molecule has 0 radical (unpaired) electrons. The monoisotopic (exact) mass is 202 g/mol. The molecule has 0 atom stereocenters. The van der Waals surface area contributed by atoms with Crippen LogP contribution in [0.25, 0.3) is 17.1 Å². The topological polar surface area (TPSA) is 55.1 Å². The molecule has 15 heavy (non-hydrogen) atoms. The highest BCUT2D eigenvalue weighted by molar-refractivity contribution is 5.86. The number of hydrogen-bond acceptors (Lipinski definition) is 2. The summed E-state index contributed by atoms with van der Waals surface area (Å²) in [5, 5.41) is 8.52. The highest BCUT2D eigenvalue weighted by Gasteiger charge is 2.03. The van der Waals surface area contributed by atoms with Crippen molar-refractivity contribution in [2.24, 2.45) is 7.05 Å². The third-order valence-electron chi connectivity index (χ3n) is 2.20. The van der Waals surface area contributed by atoms with Gasteiger partial charge >= 0.3 is 5.97 Å². The van der Waals surface area contributed by atoms with E-state index in [0.717, 1.165) is 17.1 Å². The van der Waals surface area contributed by atoms with E-state index in [4.69, 9.17) is 5.11 Å². The second-order valence-electron chi connectivity index (χ2n) is 3.19. The van der Waals surface area contributed by atoms with E-state index in [0.29, 0.717) is 5.82 Å². The molecule has 2 aromatic rings. The second kappa shape index (κ2) is 3.57. The van der Waals surface area contributed by atoms with E-state index in [-0.39, 0.29) is 0 Å². The molecule has 0 saturated carbocycles. The Hall–Kier alpha value is -2.10. The number of aryl methyl sites for hydroxylation is 1. The van der Waals surface area contributed by atoms with Gasteiger partial charge in [-0.2, -0.15) is 0 Å². The molecule has 1 aromatic carbocycles. The Morgan fingerprint density at radius 3 is 2.87 bits per heavy atom. The van der Waals surface area contributed by atoms with Crippen molar-refractivity contribution in [3.63, 3.8) is 0 Å². The Bertz CT molecular complexity index is 541. The quantitative estimate of drug-likeness (QED) is 0.753. The number of aromatic nitrogens is 2. The summed E-state index contributed by atoms with van der Waals surface area (Å²) < 4.78 is 1.86. The maximum Gasteiger partial charge on any atom is 0.328 e.